The third-order valence-electron chi connectivity index (χ3n) is 4.76. The standard InChI is InChI=1S/C20H22ClF2N3O2/c1-14-2-3-15(21)12-18(14)26-10-8-25(9-11-26)13-19(27)24-16-4-6-17(7-5-16)28-20(22)23/h2-7,12,20H,8-11,13H2,1H3,(H,24,27)/p+1. The van der Waals surface area contributed by atoms with Gasteiger partial charge in [-0.05, 0) is 48.9 Å². The number of aryl methyl sites for hydroxylation is 1. The van der Waals surface area contributed by atoms with E-state index in [0.717, 1.165) is 36.9 Å². The van der Waals surface area contributed by atoms with Gasteiger partial charge in [-0.2, -0.15) is 8.78 Å². The summed E-state index contributed by atoms with van der Waals surface area (Å²) in [5, 5.41) is 3.52. The highest BCUT2D eigenvalue weighted by molar-refractivity contribution is 6.30. The zero-order valence-electron chi connectivity index (χ0n) is 15.6. The Morgan fingerprint density at radius 1 is 1.21 bits per heavy atom. The Morgan fingerprint density at radius 2 is 1.89 bits per heavy atom. The Morgan fingerprint density at radius 3 is 2.54 bits per heavy atom. The summed E-state index contributed by atoms with van der Waals surface area (Å²) in [4.78, 5) is 15.8. The van der Waals surface area contributed by atoms with Crippen LogP contribution >= 0.6 is 11.6 Å². The van der Waals surface area contributed by atoms with Crippen LogP contribution in [0.25, 0.3) is 0 Å². The molecule has 1 aliphatic heterocycles. The van der Waals surface area contributed by atoms with Gasteiger partial charge in [0.05, 0.1) is 26.2 Å². The van der Waals surface area contributed by atoms with Crippen molar-refractivity contribution >= 4 is 28.9 Å². The second-order valence-corrected chi connectivity index (χ2v) is 7.23. The van der Waals surface area contributed by atoms with Gasteiger partial charge in [-0.25, -0.2) is 0 Å². The largest absolute Gasteiger partial charge is 0.435 e. The molecular formula is C20H23ClF2N3O2+. The fourth-order valence-corrected chi connectivity index (χ4v) is 3.48. The molecule has 0 spiro atoms. The summed E-state index contributed by atoms with van der Waals surface area (Å²) >= 11 is 6.12. The average molecular weight is 411 g/mol. The van der Waals surface area contributed by atoms with E-state index >= 15 is 0 Å². The van der Waals surface area contributed by atoms with Gasteiger partial charge in [-0.1, -0.05) is 17.7 Å². The first-order chi connectivity index (χ1) is 13.4. The van der Waals surface area contributed by atoms with Crippen LogP contribution in [-0.4, -0.2) is 45.2 Å². The molecule has 0 saturated carbocycles. The number of nitrogens with one attached hydrogen (secondary N) is 2. The van der Waals surface area contributed by atoms with Crippen LogP contribution in [0.5, 0.6) is 5.75 Å². The zero-order chi connectivity index (χ0) is 20.1. The molecule has 1 heterocycles. The summed E-state index contributed by atoms with van der Waals surface area (Å²) in [6, 6.07) is 11.8. The van der Waals surface area contributed by atoms with Crippen molar-refractivity contribution in [3.63, 3.8) is 0 Å². The van der Waals surface area contributed by atoms with Crippen molar-refractivity contribution in [1.82, 2.24) is 0 Å². The van der Waals surface area contributed by atoms with Crippen LogP contribution in [0.15, 0.2) is 42.5 Å². The van der Waals surface area contributed by atoms with Crippen molar-refractivity contribution in [3.05, 3.63) is 53.1 Å². The molecule has 5 nitrogen and oxygen atoms in total. The van der Waals surface area contributed by atoms with Gasteiger partial charge >= 0.3 is 6.61 Å². The average Bonchev–Trinajstić information content (AvgIpc) is 2.65. The maximum absolute atomic E-state index is 12.3. The van der Waals surface area contributed by atoms with Crippen LogP contribution in [-0.2, 0) is 4.79 Å². The third kappa shape index (κ3) is 5.56. The Hall–Kier alpha value is -2.38. The number of carbonyl (C=O) groups is 1. The Labute approximate surface area is 167 Å². The Kier molecular flexibility index (Phi) is 6.70. The van der Waals surface area contributed by atoms with E-state index in [1.165, 1.54) is 22.6 Å². The minimum absolute atomic E-state index is 0.0612. The topological polar surface area (TPSA) is 46.0 Å². The van der Waals surface area contributed by atoms with Crippen LogP contribution in [0.2, 0.25) is 5.02 Å². The number of nitrogens with zero attached hydrogens (tertiary/aromatic N) is 1. The van der Waals surface area contributed by atoms with Crippen molar-refractivity contribution in [2.24, 2.45) is 0 Å². The summed E-state index contributed by atoms with van der Waals surface area (Å²) in [7, 11) is 0. The summed E-state index contributed by atoms with van der Waals surface area (Å²) in [6.45, 7) is 2.96. The van der Waals surface area contributed by atoms with Crippen LogP contribution in [0.4, 0.5) is 20.2 Å². The van der Waals surface area contributed by atoms with Gasteiger partial charge in [-0.3, -0.25) is 4.79 Å². The highest BCUT2D eigenvalue weighted by atomic mass is 35.5. The molecule has 0 bridgehead atoms. The number of rotatable bonds is 6. The van der Waals surface area contributed by atoms with Gasteiger partial charge < -0.3 is 19.9 Å². The second-order valence-electron chi connectivity index (χ2n) is 6.80. The number of halogens is 3. The maximum Gasteiger partial charge on any atom is 0.387 e. The maximum atomic E-state index is 12.3. The fraction of sp³-hybridized carbons (Fsp3) is 0.350. The minimum atomic E-state index is -2.86. The molecule has 1 amide bonds. The molecule has 0 unspecified atom stereocenters. The Balaban J connectivity index is 1.48. The lowest BCUT2D eigenvalue weighted by atomic mass is 10.1. The lowest BCUT2D eigenvalue weighted by Crippen LogP contribution is -3.15. The first-order valence-electron chi connectivity index (χ1n) is 9.10. The van der Waals surface area contributed by atoms with Crippen molar-refractivity contribution < 1.29 is 23.2 Å². The number of hydrogen-bond acceptors (Lipinski definition) is 3. The number of amides is 1. The molecule has 2 aromatic carbocycles. The van der Waals surface area contributed by atoms with E-state index in [2.05, 4.69) is 21.9 Å². The van der Waals surface area contributed by atoms with Gasteiger partial charge in [-0.15, -0.1) is 0 Å². The normalized spacial score (nSPS) is 15.0. The van der Waals surface area contributed by atoms with E-state index in [9.17, 15) is 13.6 Å². The van der Waals surface area contributed by atoms with Crippen LogP contribution in [0, 0.1) is 6.92 Å². The smallest absolute Gasteiger partial charge is 0.387 e. The third-order valence-corrected chi connectivity index (χ3v) is 4.99. The van der Waals surface area contributed by atoms with Gasteiger partial charge in [0.1, 0.15) is 5.75 Å². The number of quaternary nitrogens is 1. The SMILES string of the molecule is Cc1ccc(Cl)cc1N1CC[NH+](CC(=O)Nc2ccc(OC(F)F)cc2)CC1. The molecule has 1 aliphatic rings. The van der Waals surface area contributed by atoms with E-state index in [-0.39, 0.29) is 11.7 Å². The number of alkyl halides is 2. The first-order valence-corrected chi connectivity index (χ1v) is 9.48. The summed E-state index contributed by atoms with van der Waals surface area (Å²) in [5.74, 6) is -0.0454. The number of piperazine rings is 1. The van der Waals surface area contributed by atoms with Crippen molar-refractivity contribution in [1.29, 1.82) is 0 Å². The molecular weight excluding hydrogens is 388 g/mol. The number of carbonyl (C=O) groups excluding carboxylic acids is 1. The van der Waals surface area contributed by atoms with Crippen LogP contribution in [0.3, 0.4) is 0 Å². The summed E-state index contributed by atoms with van der Waals surface area (Å²) < 4.78 is 28.6. The van der Waals surface area contributed by atoms with Crippen molar-refractivity contribution in [2.75, 3.05) is 42.9 Å². The lowest BCUT2D eigenvalue weighted by Gasteiger charge is -2.34. The molecule has 0 aromatic heterocycles. The van der Waals surface area contributed by atoms with Gasteiger partial charge in [0.2, 0.25) is 0 Å². The minimum Gasteiger partial charge on any atom is -0.435 e. The van der Waals surface area contributed by atoms with Gasteiger partial charge in [0.15, 0.2) is 6.54 Å². The quantitative estimate of drug-likeness (QED) is 0.769. The lowest BCUT2D eigenvalue weighted by molar-refractivity contribution is -0.892. The first kappa shape index (κ1) is 20.4. The molecule has 2 N–H and O–H groups in total. The highest BCUT2D eigenvalue weighted by Gasteiger charge is 2.23. The molecule has 150 valence electrons. The second kappa shape index (κ2) is 9.21. The number of hydrogen-bond donors (Lipinski definition) is 2. The zero-order valence-corrected chi connectivity index (χ0v) is 16.3. The van der Waals surface area contributed by atoms with Crippen molar-refractivity contribution in [3.8, 4) is 5.75 Å². The number of anilines is 2. The van der Waals surface area contributed by atoms with E-state index < -0.39 is 6.61 Å². The van der Waals surface area contributed by atoms with Gasteiger partial charge in [0, 0.05) is 16.4 Å². The van der Waals surface area contributed by atoms with E-state index in [4.69, 9.17) is 11.6 Å². The predicted molar refractivity (Wildman–Crippen MR) is 106 cm³/mol. The van der Waals surface area contributed by atoms with E-state index in [1.807, 2.05) is 18.2 Å². The van der Waals surface area contributed by atoms with Crippen LogP contribution < -0.4 is 19.9 Å². The Bertz CT molecular complexity index is 810. The summed E-state index contributed by atoms with van der Waals surface area (Å²) in [5.41, 5.74) is 2.88. The molecule has 1 fully saturated rings. The molecule has 0 radical (unpaired) electrons. The van der Waals surface area contributed by atoms with Gasteiger partial charge in [0.25, 0.3) is 5.91 Å². The fourth-order valence-electron chi connectivity index (χ4n) is 3.32. The predicted octanol–water partition coefficient (Wildman–Crippen LogP) is 2.59. The number of benzene rings is 2. The molecule has 2 aromatic rings. The molecule has 3 rings (SSSR count). The molecule has 1 saturated heterocycles. The molecule has 8 heteroatoms. The van der Waals surface area contributed by atoms with Crippen molar-refractivity contribution in [2.45, 2.75) is 13.5 Å². The number of ether oxygens (including phenoxy) is 1. The van der Waals surface area contributed by atoms with Crippen LogP contribution in [0.1, 0.15) is 5.56 Å². The van der Waals surface area contributed by atoms with E-state index in [0.29, 0.717) is 12.2 Å². The summed E-state index contributed by atoms with van der Waals surface area (Å²) in [6.07, 6.45) is 0. The molecule has 28 heavy (non-hydrogen) atoms. The molecule has 0 aliphatic carbocycles. The molecule has 0 atom stereocenters. The van der Waals surface area contributed by atoms with E-state index in [1.54, 1.807) is 12.1 Å². The monoisotopic (exact) mass is 410 g/mol. The highest BCUT2D eigenvalue weighted by Crippen LogP contribution is 2.24.